The van der Waals surface area contributed by atoms with Crippen molar-refractivity contribution in [2.45, 2.75) is 19.3 Å². The Labute approximate surface area is 207 Å². The molecule has 0 aromatic heterocycles. The maximum atomic E-state index is 3.45. The van der Waals surface area contributed by atoms with Gasteiger partial charge in [-0.1, -0.05) is 86.6 Å². The van der Waals surface area contributed by atoms with Crippen molar-refractivity contribution in [1.29, 1.82) is 0 Å². The van der Waals surface area contributed by atoms with Gasteiger partial charge in [0.1, 0.15) is 0 Å². The summed E-state index contributed by atoms with van der Waals surface area (Å²) in [4.78, 5) is 2.39. The zero-order chi connectivity index (χ0) is 23.8. The molecular weight excluding hydrogens is 424 g/mol. The van der Waals surface area contributed by atoms with Crippen molar-refractivity contribution in [2.24, 2.45) is 0 Å². The van der Waals surface area contributed by atoms with Crippen molar-refractivity contribution in [2.75, 3.05) is 10.2 Å². The molecule has 1 N–H and O–H groups in total. The zero-order valence-corrected chi connectivity index (χ0v) is 20.1. The molecule has 35 heavy (non-hydrogen) atoms. The average molecular weight is 453 g/mol. The molecule has 0 atom stereocenters. The fourth-order valence-corrected chi connectivity index (χ4v) is 5.19. The number of nitrogens with one attached hydrogen (secondary N) is 1. The van der Waals surface area contributed by atoms with Crippen LogP contribution in [0.25, 0.3) is 16.8 Å². The van der Waals surface area contributed by atoms with Crippen molar-refractivity contribution in [3.05, 3.63) is 138 Å². The van der Waals surface area contributed by atoms with Crippen LogP contribution in [0.15, 0.2) is 121 Å². The van der Waals surface area contributed by atoms with Gasteiger partial charge in [-0.05, 0) is 76.0 Å². The van der Waals surface area contributed by atoms with Gasteiger partial charge >= 0.3 is 0 Å². The third-order valence-corrected chi connectivity index (χ3v) is 7.04. The minimum Gasteiger partial charge on any atom is -0.362 e. The van der Waals surface area contributed by atoms with Gasteiger partial charge in [-0.3, -0.25) is 0 Å². The molecule has 1 heterocycles. The first kappa shape index (κ1) is 21.2. The van der Waals surface area contributed by atoms with Gasteiger partial charge < -0.3 is 10.2 Å². The van der Waals surface area contributed by atoms with Gasteiger partial charge in [0.15, 0.2) is 0 Å². The Morgan fingerprint density at radius 2 is 1.34 bits per heavy atom. The lowest BCUT2D eigenvalue weighted by atomic mass is 9.73. The lowest BCUT2D eigenvalue weighted by Gasteiger charge is -2.42. The van der Waals surface area contributed by atoms with Crippen LogP contribution in [0.3, 0.4) is 0 Å². The van der Waals surface area contributed by atoms with Crippen LogP contribution in [0.5, 0.6) is 0 Å². The largest absolute Gasteiger partial charge is 0.362 e. The minimum absolute atomic E-state index is 0.104. The minimum atomic E-state index is -0.104. The summed E-state index contributed by atoms with van der Waals surface area (Å²) in [6, 6.07) is 41.1. The summed E-state index contributed by atoms with van der Waals surface area (Å²) >= 11 is 0. The van der Waals surface area contributed by atoms with E-state index in [1.54, 1.807) is 0 Å². The second kappa shape index (κ2) is 8.48. The quantitative estimate of drug-likeness (QED) is 0.293. The van der Waals surface area contributed by atoms with E-state index in [0.717, 1.165) is 5.69 Å². The van der Waals surface area contributed by atoms with E-state index in [2.05, 4.69) is 145 Å². The fourth-order valence-electron chi connectivity index (χ4n) is 5.19. The van der Waals surface area contributed by atoms with Crippen molar-refractivity contribution in [3.63, 3.8) is 0 Å². The molecule has 0 bridgehead atoms. The number of anilines is 4. The van der Waals surface area contributed by atoms with Crippen LogP contribution in [-0.2, 0) is 5.41 Å². The Bertz CT molecular complexity index is 1550. The predicted octanol–water partition coefficient (Wildman–Crippen LogP) is 9.03. The highest BCUT2D eigenvalue weighted by Crippen LogP contribution is 2.51. The van der Waals surface area contributed by atoms with Gasteiger partial charge in [-0.25, -0.2) is 0 Å². The van der Waals surface area contributed by atoms with Crippen LogP contribution in [0.2, 0.25) is 0 Å². The number of para-hydroxylation sites is 2. The number of nitrogens with zero attached hydrogens (tertiary/aromatic N) is 1. The summed E-state index contributed by atoms with van der Waals surface area (Å²) in [7, 11) is 0. The summed E-state index contributed by atoms with van der Waals surface area (Å²) in [5.74, 6) is 0. The van der Waals surface area contributed by atoms with Gasteiger partial charge in [0.2, 0.25) is 0 Å². The molecular formula is C33H28N2. The van der Waals surface area contributed by atoms with E-state index in [0.29, 0.717) is 0 Å². The standard InChI is InChI=1S/C33H28N2/c1-33(2)29-14-8-9-15-31(29)35(28-12-4-3-5-13-28)32-19-16-24(22-30(32)33)20-21-34-27-18-17-25-10-6-7-11-26(25)23-27/h3-23,34H,1-2H3/b21-20+. The second-order valence-corrected chi connectivity index (χ2v) is 9.63. The van der Waals surface area contributed by atoms with Crippen LogP contribution in [-0.4, -0.2) is 0 Å². The molecule has 5 aromatic carbocycles. The highest BCUT2D eigenvalue weighted by Gasteiger charge is 2.36. The van der Waals surface area contributed by atoms with E-state index >= 15 is 0 Å². The Kier molecular flexibility index (Phi) is 5.15. The third-order valence-electron chi connectivity index (χ3n) is 7.04. The SMILES string of the molecule is CC1(C)c2ccccc2N(c2ccccc2)c2ccc(/C=C/Nc3ccc4ccccc4c3)cc21. The Morgan fingerprint density at radius 1 is 0.629 bits per heavy atom. The van der Waals surface area contributed by atoms with Crippen LogP contribution in [0.1, 0.15) is 30.5 Å². The lowest BCUT2D eigenvalue weighted by Crippen LogP contribution is -2.30. The van der Waals surface area contributed by atoms with Crippen molar-refractivity contribution in [3.8, 4) is 0 Å². The van der Waals surface area contributed by atoms with E-state index in [1.807, 2.05) is 6.20 Å². The maximum absolute atomic E-state index is 3.45. The van der Waals surface area contributed by atoms with Crippen LogP contribution in [0, 0.1) is 0 Å². The maximum Gasteiger partial charge on any atom is 0.0503 e. The monoisotopic (exact) mass is 452 g/mol. The molecule has 170 valence electrons. The third kappa shape index (κ3) is 3.77. The van der Waals surface area contributed by atoms with Gasteiger partial charge in [0.05, 0.1) is 11.4 Å². The van der Waals surface area contributed by atoms with E-state index in [9.17, 15) is 0 Å². The van der Waals surface area contributed by atoms with E-state index < -0.39 is 0 Å². The Hall–Kier alpha value is -4.30. The van der Waals surface area contributed by atoms with Crippen LogP contribution < -0.4 is 10.2 Å². The van der Waals surface area contributed by atoms with Crippen molar-refractivity contribution in [1.82, 2.24) is 0 Å². The summed E-state index contributed by atoms with van der Waals surface area (Å²) in [5, 5.41) is 5.93. The molecule has 0 aliphatic carbocycles. The molecule has 0 unspecified atom stereocenters. The number of rotatable bonds is 4. The van der Waals surface area contributed by atoms with Gasteiger partial charge in [0, 0.05) is 23.0 Å². The number of fused-ring (bicyclic) bond motifs is 3. The van der Waals surface area contributed by atoms with Crippen molar-refractivity contribution >= 4 is 39.6 Å². The predicted molar refractivity (Wildman–Crippen MR) is 150 cm³/mol. The smallest absolute Gasteiger partial charge is 0.0503 e. The topological polar surface area (TPSA) is 15.3 Å². The van der Waals surface area contributed by atoms with E-state index in [1.165, 1.54) is 44.5 Å². The van der Waals surface area contributed by atoms with E-state index in [-0.39, 0.29) is 5.41 Å². The number of hydrogen-bond donors (Lipinski definition) is 1. The summed E-state index contributed by atoms with van der Waals surface area (Å²) in [6.07, 6.45) is 4.18. The van der Waals surface area contributed by atoms with Gasteiger partial charge in [-0.2, -0.15) is 0 Å². The molecule has 2 nitrogen and oxygen atoms in total. The van der Waals surface area contributed by atoms with Gasteiger partial charge in [-0.15, -0.1) is 0 Å². The van der Waals surface area contributed by atoms with Crippen LogP contribution >= 0.6 is 0 Å². The van der Waals surface area contributed by atoms with Crippen molar-refractivity contribution < 1.29 is 0 Å². The zero-order valence-electron chi connectivity index (χ0n) is 20.1. The summed E-state index contributed by atoms with van der Waals surface area (Å²) in [6.45, 7) is 4.65. The molecule has 5 aromatic rings. The molecule has 0 amide bonds. The average Bonchev–Trinajstić information content (AvgIpc) is 2.90. The van der Waals surface area contributed by atoms with Crippen LogP contribution in [0.4, 0.5) is 22.7 Å². The molecule has 0 saturated carbocycles. The number of benzene rings is 5. The molecule has 1 aliphatic heterocycles. The molecule has 2 heteroatoms. The second-order valence-electron chi connectivity index (χ2n) is 9.63. The lowest BCUT2D eigenvalue weighted by molar-refractivity contribution is 0.631. The first-order chi connectivity index (χ1) is 17.1. The molecule has 0 fully saturated rings. The molecule has 0 saturated heterocycles. The molecule has 1 aliphatic rings. The first-order valence-electron chi connectivity index (χ1n) is 12.1. The van der Waals surface area contributed by atoms with E-state index in [4.69, 9.17) is 0 Å². The molecule has 0 radical (unpaired) electrons. The fraction of sp³-hybridized carbons (Fsp3) is 0.0909. The molecule has 0 spiro atoms. The highest BCUT2D eigenvalue weighted by atomic mass is 15.2. The Morgan fingerprint density at radius 3 is 2.20 bits per heavy atom. The summed E-state index contributed by atoms with van der Waals surface area (Å²) < 4.78 is 0. The van der Waals surface area contributed by atoms with Gasteiger partial charge in [0.25, 0.3) is 0 Å². The Balaban J connectivity index is 1.36. The number of hydrogen-bond acceptors (Lipinski definition) is 2. The first-order valence-corrected chi connectivity index (χ1v) is 12.1. The highest BCUT2D eigenvalue weighted by molar-refractivity contribution is 5.87. The normalized spacial score (nSPS) is 14.1. The summed E-state index contributed by atoms with van der Waals surface area (Å²) in [5.41, 5.74) is 8.49. The molecule has 6 rings (SSSR count).